The van der Waals surface area contributed by atoms with Gasteiger partial charge in [0.2, 0.25) is 23.6 Å². The third-order valence-corrected chi connectivity index (χ3v) is 23.0. The van der Waals surface area contributed by atoms with E-state index in [0.29, 0.717) is 67.8 Å². The molecule has 0 heterocycles. The molecule has 17 nitrogen and oxygen atoms in total. The fourth-order valence-corrected chi connectivity index (χ4v) is 16.7. The number of carbonyl (C=O) groups is 8. The van der Waals surface area contributed by atoms with Crippen molar-refractivity contribution in [2.24, 2.45) is 47.3 Å². The minimum atomic E-state index is -1.40. The first-order chi connectivity index (χ1) is 46.7. The van der Waals surface area contributed by atoms with Crippen molar-refractivity contribution in [1.29, 1.82) is 0 Å². The first-order valence-corrected chi connectivity index (χ1v) is 35.2. The van der Waals surface area contributed by atoms with Crippen LogP contribution in [0.3, 0.4) is 0 Å². The Morgan fingerprint density at radius 1 is 0.408 bits per heavy atom. The molecule has 11 atom stereocenters. The van der Waals surface area contributed by atoms with Crippen molar-refractivity contribution in [1.82, 2.24) is 10.6 Å². The fraction of sp³-hybridized carbons (Fsp3) is 0.457. The number of anilines is 2. The van der Waals surface area contributed by atoms with E-state index in [2.05, 4.69) is 117 Å². The summed E-state index contributed by atoms with van der Waals surface area (Å²) in [6, 6.07) is 47.1. The zero-order chi connectivity index (χ0) is 71.1. The number of carboxylic acid groups (broad SMARTS) is 4. The quantitative estimate of drug-likeness (QED) is 0.0217. The second-order valence-electron chi connectivity index (χ2n) is 28.5. The summed E-state index contributed by atoms with van der Waals surface area (Å²) in [7, 11) is 0. The van der Waals surface area contributed by atoms with Gasteiger partial charge in [-0.2, -0.15) is 0 Å². The lowest BCUT2D eigenvalue weighted by molar-refractivity contribution is -0.159. The molecule has 0 saturated heterocycles. The van der Waals surface area contributed by atoms with Crippen LogP contribution in [0.15, 0.2) is 146 Å². The van der Waals surface area contributed by atoms with Gasteiger partial charge in [-0.3, -0.25) is 38.4 Å². The summed E-state index contributed by atoms with van der Waals surface area (Å²) in [6.45, 7) is 20.6. The summed E-state index contributed by atoms with van der Waals surface area (Å²) in [6.07, 6.45) is 5.80. The molecule has 98 heavy (non-hydrogen) atoms. The molecule has 520 valence electrons. The molecule has 17 heteroatoms. The Balaban J connectivity index is 0.998. The van der Waals surface area contributed by atoms with Crippen LogP contribution in [-0.4, -0.2) is 79.0 Å². The highest BCUT2D eigenvalue weighted by atomic mass is 16.5. The lowest BCUT2D eigenvalue weighted by atomic mass is 9.60. The number of benzene rings is 6. The Bertz CT molecular complexity index is 3840. The van der Waals surface area contributed by atoms with Gasteiger partial charge < -0.3 is 46.4 Å². The topological polar surface area (TPSA) is 275 Å². The van der Waals surface area contributed by atoms with E-state index in [-0.39, 0.29) is 18.3 Å². The molecule has 0 aromatic heterocycles. The highest BCUT2D eigenvalue weighted by Gasteiger charge is 2.55. The average Bonchev–Trinajstić information content (AvgIpc) is 1.49. The molecule has 6 aromatic carbocycles. The van der Waals surface area contributed by atoms with Crippen molar-refractivity contribution in [2.75, 3.05) is 10.6 Å². The normalized spacial score (nSPS) is 22.0. The van der Waals surface area contributed by atoms with Crippen LogP contribution in [0.5, 0.6) is 11.5 Å². The minimum Gasteiger partial charge on any atom is -0.481 e. The largest absolute Gasteiger partial charge is 0.481 e. The summed E-state index contributed by atoms with van der Waals surface area (Å²) in [5, 5.41) is 54.4. The van der Waals surface area contributed by atoms with Crippen molar-refractivity contribution in [2.45, 2.75) is 186 Å². The van der Waals surface area contributed by atoms with E-state index in [1.165, 1.54) is 5.56 Å². The van der Waals surface area contributed by atoms with Gasteiger partial charge >= 0.3 is 23.9 Å². The molecule has 11 unspecified atom stereocenters. The van der Waals surface area contributed by atoms with Crippen molar-refractivity contribution >= 4 is 58.9 Å². The number of amides is 4. The standard InChI is InChI=1S/C81H98N4O13/c1-11-42-77(8,14-4)49-32-38-55(39-33-49)98-56-40-36-54(37-41-56)83-70(87)60-46-62(66(76(96)97)48-64(60)74(92)93)72(89)85-80(17-7,44-13-3)79(10,43-12-2)50-26-28-51(29-27-50)81(67-24-20-18-22-57(67)58-23-19-21-25-68(58)81)52-30-34-53(35-31-52)82-69(86)59-45-61(71(88)84-78(9,15-5)16-6)65(75(94)95)47-63(59)73(90)91/h18-41,59-66H,11-17,42-48H2,1-10H3,(H,82,86)(H,83,87)(H,84,88)(H,85,89)(H,90,91)(H,92,93)(H,94,95)(H,96,97). The van der Waals surface area contributed by atoms with E-state index in [1.54, 1.807) is 36.4 Å². The van der Waals surface area contributed by atoms with E-state index < -0.39 is 130 Å². The monoisotopic (exact) mass is 1330 g/mol. The second-order valence-corrected chi connectivity index (χ2v) is 28.5. The lowest BCUT2D eigenvalue weighted by Crippen LogP contribution is -2.63. The van der Waals surface area contributed by atoms with Crippen LogP contribution in [0, 0.1) is 47.3 Å². The van der Waals surface area contributed by atoms with Crippen molar-refractivity contribution in [3.63, 3.8) is 0 Å². The predicted molar refractivity (Wildman–Crippen MR) is 379 cm³/mol. The molecule has 0 aliphatic heterocycles. The van der Waals surface area contributed by atoms with E-state index >= 15 is 4.79 Å². The molecule has 2 saturated carbocycles. The Labute approximate surface area is 576 Å². The molecule has 6 aromatic rings. The maximum Gasteiger partial charge on any atom is 0.307 e. The lowest BCUT2D eigenvalue weighted by Gasteiger charge is -2.51. The van der Waals surface area contributed by atoms with Gasteiger partial charge in [0.15, 0.2) is 0 Å². The van der Waals surface area contributed by atoms with Crippen LogP contribution in [-0.2, 0) is 54.6 Å². The molecule has 4 amide bonds. The molecule has 2 fully saturated rings. The van der Waals surface area contributed by atoms with Crippen LogP contribution < -0.4 is 26.0 Å². The van der Waals surface area contributed by atoms with Gasteiger partial charge in [0.05, 0.1) is 52.8 Å². The minimum absolute atomic E-state index is 0.0578. The summed E-state index contributed by atoms with van der Waals surface area (Å²) in [5.74, 6) is -16.8. The average molecular weight is 1340 g/mol. The third kappa shape index (κ3) is 14.3. The van der Waals surface area contributed by atoms with Crippen LogP contribution in [0.1, 0.15) is 193 Å². The number of carboxylic acids is 4. The Kier molecular flexibility index (Phi) is 22.6. The van der Waals surface area contributed by atoms with E-state index in [4.69, 9.17) is 4.74 Å². The molecular weight excluding hydrogens is 1240 g/mol. The van der Waals surface area contributed by atoms with Gasteiger partial charge in [-0.25, -0.2) is 0 Å². The third-order valence-electron chi connectivity index (χ3n) is 23.0. The number of nitrogens with one attached hydrogen (secondary N) is 4. The number of aliphatic carboxylic acids is 4. The highest BCUT2D eigenvalue weighted by molar-refractivity contribution is 5.98. The van der Waals surface area contributed by atoms with E-state index in [1.807, 2.05) is 83.1 Å². The number of fused-ring (bicyclic) bond motifs is 3. The summed E-state index contributed by atoms with van der Waals surface area (Å²) in [4.78, 5) is 110. The van der Waals surface area contributed by atoms with Crippen LogP contribution in [0.25, 0.3) is 11.1 Å². The summed E-state index contributed by atoms with van der Waals surface area (Å²) >= 11 is 0. The molecule has 0 spiro atoms. The number of rotatable bonds is 29. The second kappa shape index (κ2) is 30.3. The van der Waals surface area contributed by atoms with E-state index in [0.717, 1.165) is 58.2 Å². The van der Waals surface area contributed by atoms with Gasteiger partial charge in [0.25, 0.3) is 0 Å². The molecule has 9 rings (SSSR count). The van der Waals surface area contributed by atoms with Crippen molar-refractivity contribution in [3.05, 3.63) is 179 Å². The highest BCUT2D eigenvalue weighted by Crippen LogP contribution is 2.57. The van der Waals surface area contributed by atoms with Crippen LogP contribution in [0.2, 0.25) is 0 Å². The number of carbonyl (C=O) groups excluding carboxylic acids is 4. The van der Waals surface area contributed by atoms with Gasteiger partial charge in [0.1, 0.15) is 11.5 Å². The van der Waals surface area contributed by atoms with Gasteiger partial charge in [0, 0.05) is 27.9 Å². The maximum atomic E-state index is 15.4. The molecule has 8 N–H and O–H groups in total. The van der Waals surface area contributed by atoms with E-state index in [9.17, 15) is 54.0 Å². The smallest absolute Gasteiger partial charge is 0.307 e. The Hall–Kier alpha value is -9.12. The first-order valence-electron chi connectivity index (χ1n) is 35.2. The summed E-state index contributed by atoms with van der Waals surface area (Å²) < 4.78 is 6.17. The fourth-order valence-electron chi connectivity index (χ4n) is 16.7. The van der Waals surface area contributed by atoms with Gasteiger partial charge in [-0.05, 0) is 176 Å². The predicted octanol–water partition coefficient (Wildman–Crippen LogP) is 15.6. The first kappa shape index (κ1) is 73.1. The zero-order valence-corrected chi connectivity index (χ0v) is 58.3. The van der Waals surface area contributed by atoms with Crippen LogP contribution >= 0.6 is 0 Å². The van der Waals surface area contributed by atoms with Crippen molar-refractivity contribution < 1.29 is 63.5 Å². The number of ether oxygens (including phenoxy) is 1. The summed E-state index contributed by atoms with van der Waals surface area (Å²) in [5.41, 5.74) is 5.51. The molecule has 0 radical (unpaired) electrons. The van der Waals surface area contributed by atoms with Gasteiger partial charge in [-0.15, -0.1) is 0 Å². The Morgan fingerprint density at radius 2 is 0.776 bits per heavy atom. The number of hydrogen-bond donors (Lipinski definition) is 8. The van der Waals surface area contributed by atoms with Crippen LogP contribution in [0.4, 0.5) is 11.4 Å². The Morgan fingerprint density at radius 3 is 1.17 bits per heavy atom. The van der Waals surface area contributed by atoms with Gasteiger partial charge in [-0.1, -0.05) is 179 Å². The zero-order valence-electron chi connectivity index (χ0n) is 58.3. The number of hydrogen-bond acceptors (Lipinski definition) is 9. The molecule has 0 bridgehead atoms. The molecule has 3 aliphatic carbocycles. The maximum absolute atomic E-state index is 15.4. The van der Waals surface area contributed by atoms with Crippen molar-refractivity contribution in [3.8, 4) is 22.6 Å². The SMILES string of the molecule is CCCC(C)(CC)c1ccc(Oc2ccc(NC(=O)C3CC(C(=O)NC(CC)(CCC)C(C)(CCC)c4ccc(C5(c6ccc(NC(=O)C7CC(C(=O)NC(C)(CC)CC)C(C(=O)O)CC7C(=O)O)cc6)c6ccccc6-c6ccccc65)cc4)C(C(=O)O)CC3C(=O)O)cc2)cc1. The molecule has 3 aliphatic rings. The molecular formula is C81H98N4O13.